The molecule has 0 amide bonds. The van der Waals surface area contributed by atoms with E-state index in [4.69, 9.17) is 8.83 Å². The molecule has 5 aromatic rings. The maximum atomic E-state index is 12.8. The number of aldehydes is 1. The highest BCUT2D eigenvalue weighted by Crippen LogP contribution is 2.31. The number of ketones is 1. The molecular formula is C24H15N5O4. The predicted molar refractivity (Wildman–Crippen MR) is 120 cm³/mol. The van der Waals surface area contributed by atoms with Crippen molar-refractivity contribution in [3.8, 4) is 0 Å². The summed E-state index contributed by atoms with van der Waals surface area (Å²) < 4.78 is 10.5. The van der Waals surface area contributed by atoms with Crippen molar-refractivity contribution in [2.75, 3.05) is 4.90 Å². The normalized spacial score (nSPS) is 11.2. The third-order valence-electron chi connectivity index (χ3n) is 4.97. The molecule has 0 bridgehead atoms. The SMILES string of the molecule is O=Cc1cc2ccccc2cc1C(=O)/C=C\c1ccc(N(c2nnco2)c2nnco2)cc1. The molecule has 0 fully saturated rings. The zero-order valence-corrected chi connectivity index (χ0v) is 17.0. The second-order valence-electron chi connectivity index (χ2n) is 6.97. The minimum absolute atomic E-state index is 0.162. The van der Waals surface area contributed by atoms with Crippen LogP contribution < -0.4 is 4.90 Å². The Bertz CT molecular complexity index is 1410. The van der Waals surface area contributed by atoms with Gasteiger partial charge in [0, 0.05) is 11.1 Å². The van der Waals surface area contributed by atoms with Crippen LogP contribution in [0.1, 0.15) is 26.3 Å². The van der Waals surface area contributed by atoms with E-state index in [-0.39, 0.29) is 17.8 Å². The van der Waals surface area contributed by atoms with Gasteiger partial charge in [-0.15, -0.1) is 10.2 Å². The van der Waals surface area contributed by atoms with Gasteiger partial charge in [-0.2, -0.15) is 0 Å². The molecule has 0 radical (unpaired) electrons. The number of fused-ring (bicyclic) bond motifs is 1. The minimum atomic E-state index is -0.259. The van der Waals surface area contributed by atoms with Crippen molar-refractivity contribution in [3.63, 3.8) is 0 Å². The molecule has 9 nitrogen and oxygen atoms in total. The van der Waals surface area contributed by atoms with Crippen LogP contribution in [0.5, 0.6) is 0 Å². The molecule has 0 aliphatic heterocycles. The van der Waals surface area contributed by atoms with Crippen LogP contribution in [0.4, 0.5) is 17.7 Å². The summed E-state index contributed by atoms with van der Waals surface area (Å²) in [6, 6.07) is 18.5. The van der Waals surface area contributed by atoms with Gasteiger partial charge >= 0.3 is 12.0 Å². The van der Waals surface area contributed by atoms with E-state index in [9.17, 15) is 9.59 Å². The molecule has 0 saturated carbocycles. The molecular weight excluding hydrogens is 422 g/mol. The van der Waals surface area contributed by atoms with Gasteiger partial charge in [0.05, 0.1) is 5.69 Å². The molecule has 0 aliphatic carbocycles. The van der Waals surface area contributed by atoms with E-state index >= 15 is 0 Å². The van der Waals surface area contributed by atoms with E-state index in [0.29, 0.717) is 23.1 Å². The van der Waals surface area contributed by atoms with Gasteiger partial charge in [-0.3, -0.25) is 9.59 Å². The summed E-state index contributed by atoms with van der Waals surface area (Å²) in [6.45, 7) is 0. The second-order valence-corrected chi connectivity index (χ2v) is 6.97. The van der Waals surface area contributed by atoms with Crippen LogP contribution in [0.15, 0.2) is 88.4 Å². The van der Waals surface area contributed by atoms with Crippen LogP contribution >= 0.6 is 0 Å². The topological polar surface area (TPSA) is 115 Å². The quantitative estimate of drug-likeness (QED) is 0.201. The molecule has 9 heteroatoms. The average molecular weight is 437 g/mol. The largest absolute Gasteiger partial charge is 0.410 e. The third kappa shape index (κ3) is 4.02. The lowest BCUT2D eigenvalue weighted by atomic mass is 9.98. The number of carbonyl (C=O) groups excluding carboxylic acids is 2. The highest BCUT2D eigenvalue weighted by atomic mass is 16.4. The Morgan fingerprint density at radius 3 is 2.06 bits per heavy atom. The molecule has 160 valence electrons. The van der Waals surface area contributed by atoms with Gasteiger partial charge in [0.15, 0.2) is 12.1 Å². The van der Waals surface area contributed by atoms with Gasteiger partial charge in [-0.1, -0.05) is 52.7 Å². The van der Waals surface area contributed by atoms with E-state index in [2.05, 4.69) is 20.4 Å². The first-order valence-electron chi connectivity index (χ1n) is 9.86. The Morgan fingerprint density at radius 2 is 1.48 bits per heavy atom. The smallest absolute Gasteiger partial charge is 0.331 e. The van der Waals surface area contributed by atoms with Crippen LogP contribution in [0.25, 0.3) is 16.8 Å². The van der Waals surface area contributed by atoms with Crippen LogP contribution in [-0.4, -0.2) is 32.5 Å². The minimum Gasteiger partial charge on any atom is -0.410 e. The number of hydrogen-bond donors (Lipinski definition) is 0. The number of rotatable bonds is 7. The number of nitrogens with zero attached hydrogens (tertiary/aromatic N) is 5. The fourth-order valence-corrected chi connectivity index (χ4v) is 3.40. The summed E-state index contributed by atoms with van der Waals surface area (Å²) in [5, 5.41) is 17.0. The number of allylic oxidation sites excluding steroid dienone is 1. The summed E-state index contributed by atoms with van der Waals surface area (Å²) in [5.74, 6) is -0.259. The fraction of sp³-hybridized carbons (Fsp3) is 0. The van der Waals surface area contributed by atoms with Gasteiger partial charge < -0.3 is 8.83 Å². The number of aromatic nitrogens is 4. The highest BCUT2D eigenvalue weighted by molar-refractivity contribution is 6.13. The molecule has 0 N–H and O–H groups in total. The van der Waals surface area contributed by atoms with Gasteiger partial charge in [-0.05, 0) is 46.7 Å². The zero-order valence-electron chi connectivity index (χ0n) is 17.0. The first-order chi connectivity index (χ1) is 16.2. The van der Waals surface area contributed by atoms with Gasteiger partial charge in [0.2, 0.25) is 12.8 Å². The van der Waals surface area contributed by atoms with E-state index in [0.717, 1.165) is 16.3 Å². The lowest BCUT2D eigenvalue weighted by molar-refractivity contribution is 0.103. The van der Waals surface area contributed by atoms with Crippen LogP contribution in [0, 0.1) is 0 Å². The standard InChI is InChI=1S/C24H15N5O4/c30-13-19-11-17-3-1-2-4-18(17)12-21(19)22(31)10-7-16-5-8-20(9-6-16)29(23-27-25-14-32-23)24-28-26-15-33-24/h1-15H/b10-7-. The Kier molecular flexibility index (Phi) is 5.26. The molecule has 33 heavy (non-hydrogen) atoms. The summed E-state index contributed by atoms with van der Waals surface area (Å²) in [7, 11) is 0. The molecule has 2 aromatic heterocycles. The lowest BCUT2D eigenvalue weighted by Crippen LogP contribution is -2.10. The first kappa shape index (κ1) is 20.0. The number of benzene rings is 3. The number of anilines is 3. The molecule has 0 atom stereocenters. The van der Waals surface area contributed by atoms with Crippen molar-refractivity contribution in [3.05, 3.63) is 96.2 Å². The molecule has 3 aromatic carbocycles. The molecule has 2 heterocycles. The van der Waals surface area contributed by atoms with Crippen molar-refractivity contribution in [1.29, 1.82) is 0 Å². The molecule has 0 spiro atoms. The van der Waals surface area contributed by atoms with Crippen LogP contribution in [0.2, 0.25) is 0 Å². The Labute approximate surface area is 187 Å². The summed E-state index contributed by atoms with van der Waals surface area (Å²) in [6.07, 6.45) is 6.22. The van der Waals surface area contributed by atoms with Crippen molar-refractivity contribution in [2.45, 2.75) is 0 Å². The van der Waals surface area contributed by atoms with Crippen molar-refractivity contribution in [1.82, 2.24) is 20.4 Å². The van der Waals surface area contributed by atoms with E-state index in [1.54, 1.807) is 42.5 Å². The summed E-state index contributed by atoms with van der Waals surface area (Å²) >= 11 is 0. The second kappa shape index (κ2) is 8.67. The fourth-order valence-electron chi connectivity index (χ4n) is 3.40. The van der Waals surface area contributed by atoms with Crippen molar-refractivity contribution < 1.29 is 18.4 Å². The number of carbonyl (C=O) groups is 2. The Hall–Kier alpha value is -4.92. The lowest BCUT2D eigenvalue weighted by Gasteiger charge is -2.15. The van der Waals surface area contributed by atoms with Gasteiger partial charge in [0.1, 0.15) is 0 Å². The maximum Gasteiger partial charge on any atom is 0.331 e. The summed E-state index contributed by atoms with van der Waals surface area (Å²) in [4.78, 5) is 25.9. The zero-order chi connectivity index (χ0) is 22.6. The molecule has 5 rings (SSSR count). The van der Waals surface area contributed by atoms with E-state index < -0.39 is 0 Å². The van der Waals surface area contributed by atoms with Gasteiger partial charge in [0.25, 0.3) is 0 Å². The third-order valence-corrected chi connectivity index (χ3v) is 4.97. The van der Waals surface area contributed by atoms with Crippen molar-refractivity contribution >= 4 is 46.6 Å². The van der Waals surface area contributed by atoms with Crippen LogP contribution in [0.3, 0.4) is 0 Å². The molecule has 0 unspecified atom stereocenters. The number of hydrogen-bond acceptors (Lipinski definition) is 9. The van der Waals surface area contributed by atoms with E-state index in [1.807, 2.05) is 24.3 Å². The highest BCUT2D eigenvalue weighted by Gasteiger charge is 2.21. The van der Waals surface area contributed by atoms with Gasteiger partial charge in [-0.25, -0.2) is 4.90 Å². The Morgan fingerprint density at radius 1 is 0.848 bits per heavy atom. The van der Waals surface area contributed by atoms with Crippen molar-refractivity contribution in [2.24, 2.45) is 0 Å². The van der Waals surface area contributed by atoms with E-state index in [1.165, 1.54) is 23.8 Å². The average Bonchev–Trinajstić information content (AvgIpc) is 3.58. The Balaban J connectivity index is 1.40. The molecule has 0 aliphatic rings. The molecule has 0 saturated heterocycles. The first-order valence-corrected chi connectivity index (χ1v) is 9.86. The maximum absolute atomic E-state index is 12.8. The monoisotopic (exact) mass is 437 g/mol. The summed E-state index contributed by atoms with van der Waals surface area (Å²) in [5.41, 5.74) is 2.13. The predicted octanol–water partition coefficient (Wildman–Crippen LogP) is 4.78. The van der Waals surface area contributed by atoms with Crippen LogP contribution in [-0.2, 0) is 0 Å².